The Kier molecular flexibility index (Phi) is 9.46. The van der Waals surface area contributed by atoms with Gasteiger partial charge in [0.05, 0.1) is 12.5 Å². The second kappa shape index (κ2) is 11.6. The molecule has 2 atom stereocenters. The van der Waals surface area contributed by atoms with E-state index in [0.717, 1.165) is 25.8 Å². The van der Waals surface area contributed by atoms with Crippen molar-refractivity contribution in [2.24, 2.45) is 5.92 Å². The summed E-state index contributed by atoms with van der Waals surface area (Å²) in [6.45, 7) is 13.2. The Morgan fingerprint density at radius 1 is 1.12 bits per heavy atom. The molecule has 0 bridgehead atoms. The van der Waals surface area contributed by atoms with Crippen LogP contribution in [0.15, 0.2) is 37.0 Å². The number of aliphatic carboxylic acids is 1. The number of carboxylic acids is 1. The van der Waals surface area contributed by atoms with E-state index >= 15 is 4.39 Å². The van der Waals surface area contributed by atoms with E-state index in [4.69, 9.17) is 0 Å². The average Bonchev–Trinajstić information content (AvgIpc) is 2.68. The van der Waals surface area contributed by atoms with E-state index in [1.807, 2.05) is 27.7 Å². The molecule has 7 heteroatoms. The maximum absolute atomic E-state index is 15.3. The lowest BCUT2D eigenvalue weighted by Crippen LogP contribution is -2.44. The second-order valence-corrected chi connectivity index (χ2v) is 10.1. The number of rotatable bonds is 10. The number of hydrogen-bond acceptors (Lipinski definition) is 3. The van der Waals surface area contributed by atoms with Gasteiger partial charge in [0.25, 0.3) is 0 Å². The first-order chi connectivity index (χ1) is 15.4. The number of amides is 1. The predicted molar refractivity (Wildman–Crippen MR) is 138 cm³/mol. The molecule has 1 amide bonds. The standard InChI is InChI=1S/C26H32FIN2O3/c1-7-29-22(8-14(2)3)26(33)30-21(13-23(31)32)20-12-18(9-17(6)25(20)27)24-15(4)10-19(28)11-16(24)5/h7,9-12,14,21-22,29H,1,8,13H2,2-6H3,(H,30,33)(H,31,32)/t21-,22?/m0/s1. The molecule has 5 nitrogen and oxygen atoms in total. The van der Waals surface area contributed by atoms with Crippen molar-refractivity contribution in [3.63, 3.8) is 0 Å². The van der Waals surface area contributed by atoms with Crippen molar-refractivity contribution in [1.29, 1.82) is 0 Å². The molecule has 0 aromatic heterocycles. The van der Waals surface area contributed by atoms with Crippen molar-refractivity contribution < 1.29 is 19.1 Å². The third kappa shape index (κ3) is 7.03. The molecule has 3 N–H and O–H groups in total. The van der Waals surface area contributed by atoms with Crippen molar-refractivity contribution in [1.82, 2.24) is 10.6 Å². The van der Waals surface area contributed by atoms with Crippen molar-refractivity contribution >= 4 is 34.5 Å². The van der Waals surface area contributed by atoms with Gasteiger partial charge in [0.2, 0.25) is 5.91 Å². The first-order valence-electron chi connectivity index (χ1n) is 10.9. The molecule has 0 saturated heterocycles. The summed E-state index contributed by atoms with van der Waals surface area (Å²) >= 11 is 2.26. The minimum atomic E-state index is -1.12. The predicted octanol–water partition coefficient (Wildman–Crippen LogP) is 5.80. The largest absolute Gasteiger partial charge is 0.481 e. The molecule has 0 heterocycles. The molecule has 33 heavy (non-hydrogen) atoms. The van der Waals surface area contributed by atoms with Gasteiger partial charge in [-0.2, -0.15) is 0 Å². The third-order valence-corrected chi connectivity index (χ3v) is 6.10. The summed E-state index contributed by atoms with van der Waals surface area (Å²) in [6.07, 6.45) is 1.53. The maximum atomic E-state index is 15.3. The van der Waals surface area contributed by atoms with E-state index < -0.39 is 30.3 Å². The first-order valence-corrected chi connectivity index (χ1v) is 12.0. The molecule has 0 spiro atoms. The van der Waals surface area contributed by atoms with Gasteiger partial charge in [-0.15, -0.1) is 0 Å². The van der Waals surface area contributed by atoms with Gasteiger partial charge in [-0.3, -0.25) is 9.59 Å². The van der Waals surface area contributed by atoms with Gasteiger partial charge in [-0.05, 0) is 114 Å². The van der Waals surface area contributed by atoms with E-state index in [1.54, 1.807) is 19.1 Å². The van der Waals surface area contributed by atoms with Crippen LogP contribution in [0.25, 0.3) is 11.1 Å². The summed E-state index contributed by atoms with van der Waals surface area (Å²) in [4.78, 5) is 24.6. The Balaban J connectivity index is 2.55. The Morgan fingerprint density at radius 2 is 1.73 bits per heavy atom. The van der Waals surface area contributed by atoms with Gasteiger partial charge in [-0.25, -0.2) is 4.39 Å². The van der Waals surface area contributed by atoms with Gasteiger partial charge >= 0.3 is 5.97 Å². The molecule has 2 rings (SSSR count). The van der Waals surface area contributed by atoms with Gasteiger partial charge in [0, 0.05) is 9.13 Å². The number of aryl methyl sites for hydroxylation is 3. The van der Waals surface area contributed by atoms with Crippen molar-refractivity contribution in [2.75, 3.05) is 0 Å². The van der Waals surface area contributed by atoms with Crippen LogP contribution in [0.4, 0.5) is 4.39 Å². The highest BCUT2D eigenvalue weighted by molar-refractivity contribution is 14.1. The number of halogens is 2. The highest BCUT2D eigenvalue weighted by Crippen LogP contribution is 2.34. The molecule has 1 unspecified atom stereocenters. The van der Waals surface area contributed by atoms with Crippen LogP contribution in [-0.4, -0.2) is 23.0 Å². The van der Waals surface area contributed by atoms with Gasteiger partial charge < -0.3 is 15.7 Å². The molecule has 0 fully saturated rings. The topological polar surface area (TPSA) is 78.4 Å². The summed E-state index contributed by atoms with van der Waals surface area (Å²) in [5.41, 5.74) is 4.42. The average molecular weight is 566 g/mol. The molecule has 0 aliphatic rings. The third-order valence-electron chi connectivity index (χ3n) is 5.48. The Hall–Kier alpha value is -2.42. The van der Waals surface area contributed by atoms with Gasteiger partial charge in [-0.1, -0.05) is 20.4 Å². The molecular formula is C26H32FIN2O3. The lowest BCUT2D eigenvalue weighted by Gasteiger charge is -2.25. The summed E-state index contributed by atoms with van der Waals surface area (Å²) in [7, 11) is 0. The molecular weight excluding hydrogens is 534 g/mol. The van der Waals surface area contributed by atoms with E-state index in [0.29, 0.717) is 12.0 Å². The van der Waals surface area contributed by atoms with Crippen LogP contribution in [0.2, 0.25) is 0 Å². The van der Waals surface area contributed by atoms with Gasteiger partial charge in [0.15, 0.2) is 0 Å². The highest BCUT2D eigenvalue weighted by atomic mass is 127. The summed E-state index contributed by atoms with van der Waals surface area (Å²) < 4.78 is 16.4. The van der Waals surface area contributed by atoms with Crippen LogP contribution in [0.1, 0.15) is 55.0 Å². The van der Waals surface area contributed by atoms with E-state index in [1.165, 1.54) is 6.20 Å². The second-order valence-electron chi connectivity index (χ2n) is 8.82. The van der Waals surface area contributed by atoms with Crippen LogP contribution in [-0.2, 0) is 9.59 Å². The van der Waals surface area contributed by atoms with Crippen molar-refractivity contribution in [3.05, 3.63) is 68.7 Å². The van der Waals surface area contributed by atoms with Crippen LogP contribution in [0.5, 0.6) is 0 Å². The minimum Gasteiger partial charge on any atom is -0.481 e. The minimum absolute atomic E-state index is 0.167. The highest BCUT2D eigenvalue weighted by Gasteiger charge is 2.27. The Bertz CT molecular complexity index is 1030. The quantitative estimate of drug-likeness (QED) is 0.318. The van der Waals surface area contributed by atoms with Crippen molar-refractivity contribution in [3.8, 4) is 11.1 Å². The SMILES string of the molecule is C=CNC(CC(C)C)C(=O)N[C@@H](CC(=O)O)c1cc(-c2c(C)cc(I)cc2C)cc(C)c1F. The lowest BCUT2D eigenvalue weighted by molar-refractivity contribution is -0.137. The van der Waals surface area contributed by atoms with Crippen LogP contribution in [0, 0.1) is 36.1 Å². The summed E-state index contributed by atoms with van der Waals surface area (Å²) in [5, 5.41) is 15.2. The summed E-state index contributed by atoms with van der Waals surface area (Å²) in [6, 6.07) is 5.93. The molecule has 0 saturated carbocycles. The fourth-order valence-corrected chi connectivity index (χ4v) is 5.05. The number of carboxylic acid groups (broad SMARTS) is 1. The van der Waals surface area contributed by atoms with E-state index in [-0.39, 0.29) is 17.4 Å². The number of benzene rings is 2. The number of carbonyl (C=O) groups is 2. The smallest absolute Gasteiger partial charge is 0.305 e. The number of hydrogen-bond donors (Lipinski definition) is 3. The molecule has 0 aliphatic heterocycles. The molecule has 2 aromatic rings. The molecule has 178 valence electrons. The fraction of sp³-hybridized carbons (Fsp3) is 0.385. The van der Waals surface area contributed by atoms with E-state index in [9.17, 15) is 14.7 Å². The van der Waals surface area contributed by atoms with Crippen LogP contribution in [0.3, 0.4) is 0 Å². The first kappa shape index (κ1) is 26.8. The van der Waals surface area contributed by atoms with Crippen molar-refractivity contribution in [2.45, 2.75) is 59.5 Å². The fourth-order valence-electron chi connectivity index (χ4n) is 4.11. The number of nitrogens with one attached hydrogen (secondary N) is 2. The Morgan fingerprint density at radius 3 is 2.24 bits per heavy atom. The zero-order valence-corrected chi connectivity index (χ0v) is 21.9. The maximum Gasteiger partial charge on any atom is 0.305 e. The molecule has 2 aromatic carbocycles. The lowest BCUT2D eigenvalue weighted by atomic mass is 9.90. The van der Waals surface area contributed by atoms with Crippen LogP contribution >= 0.6 is 22.6 Å². The summed E-state index contributed by atoms with van der Waals surface area (Å²) in [5.74, 6) is -1.80. The zero-order valence-electron chi connectivity index (χ0n) is 19.8. The monoisotopic (exact) mass is 566 g/mol. The molecule has 0 radical (unpaired) electrons. The normalized spacial score (nSPS) is 12.8. The van der Waals surface area contributed by atoms with Gasteiger partial charge in [0.1, 0.15) is 11.9 Å². The van der Waals surface area contributed by atoms with E-state index in [2.05, 4.69) is 51.9 Å². The Labute approximate surface area is 209 Å². The molecule has 0 aliphatic carbocycles. The zero-order chi connectivity index (χ0) is 24.9. The van der Waals surface area contributed by atoms with Crippen LogP contribution < -0.4 is 10.6 Å². The number of carbonyl (C=O) groups excluding carboxylic acids is 1.